The SMILES string of the molecule is C[C@@H](C(=O)Nc1cccc(NC(=O)c2ccccc2OC(F)F)c1)n1cccn1. The monoisotopic (exact) mass is 400 g/mol. The number of para-hydroxylation sites is 1. The molecular weight excluding hydrogens is 382 g/mol. The molecule has 0 aliphatic rings. The number of benzene rings is 2. The van der Waals surface area contributed by atoms with E-state index >= 15 is 0 Å². The molecule has 1 aromatic heterocycles. The number of nitrogens with one attached hydrogen (secondary N) is 2. The molecule has 0 spiro atoms. The van der Waals surface area contributed by atoms with Gasteiger partial charge in [-0.2, -0.15) is 13.9 Å². The minimum Gasteiger partial charge on any atom is -0.434 e. The molecule has 0 saturated carbocycles. The fourth-order valence-electron chi connectivity index (χ4n) is 2.60. The van der Waals surface area contributed by atoms with Gasteiger partial charge in [0.15, 0.2) is 0 Å². The highest BCUT2D eigenvalue weighted by Gasteiger charge is 2.17. The van der Waals surface area contributed by atoms with E-state index < -0.39 is 18.6 Å². The van der Waals surface area contributed by atoms with Crippen molar-refractivity contribution in [1.82, 2.24) is 9.78 Å². The maximum absolute atomic E-state index is 12.5. The van der Waals surface area contributed by atoms with Gasteiger partial charge in [-0.1, -0.05) is 18.2 Å². The molecule has 29 heavy (non-hydrogen) atoms. The van der Waals surface area contributed by atoms with Crippen LogP contribution in [0.3, 0.4) is 0 Å². The van der Waals surface area contributed by atoms with Gasteiger partial charge in [-0.05, 0) is 43.3 Å². The summed E-state index contributed by atoms with van der Waals surface area (Å²) in [5.41, 5.74) is 0.810. The predicted octanol–water partition coefficient (Wildman–Crippen LogP) is 3.94. The molecule has 7 nitrogen and oxygen atoms in total. The van der Waals surface area contributed by atoms with Crippen LogP contribution in [0.5, 0.6) is 5.75 Å². The molecule has 0 bridgehead atoms. The number of rotatable bonds is 7. The fourth-order valence-corrected chi connectivity index (χ4v) is 2.60. The number of hydrogen-bond acceptors (Lipinski definition) is 4. The Morgan fingerprint density at radius 1 is 1.03 bits per heavy atom. The van der Waals surface area contributed by atoms with Crippen LogP contribution in [0, 0.1) is 0 Å². The Labute approximate surface area is 165 Å². The predicted molar refractivity (Wildman–Crippen MR) is 103 cm³/mol. The zero-order valence-corrected chi connectivity index (χ0v) is 15.4. The van der Waals surface area contributed by atoms with Crippen LogP contribution in [0.4, 0.5) is 20.2 Å². The molecule has 150 valence electrons. The van der Waals surface area contributed by atoms with Crippen molar-refractivity contribution in [2.24, 2.45) is 0 Å². The molecule has 3 rings (SSSR count). The van der Waals surface area contributed by atoms with Crippen molar-refractivity contribution in [3.05, 3.63) is 72.6 Å². The number of anilines is 2. The van der Waals surface area contributed by atoms with Gasteiger partial charge in [0.2, 0.25) is 5.91 Å². The van der Waals surface area contributed by atoms with Crippen LogP contribution in [0.1, 0.15) is 23.3 Å². The second-order valence-electron chi connectivity index (χ2n) is 6.06. The van der Waals surface area contributed by atoms with Crippen LogP contribution in [0.15, 0.2) is 67.0 Å². The second-order valence-corrected chi connectivity index (χ2v) is 6.06. The van der Waals surface area contributed by atoms with Crippen LogP contribution in [0.25, 0.3) is 0 Å². The summed E-state index contributed by atoms with van der Waals surface area (Å²) in [6.45, 7) is -1.34. The lowest BCUT2D eigenvalue weighted by Gasteiger charge is -2.14. The summed E-state index contributed by atoms with van der Waals surface area (Å²) >= 11 is 0. The fraction of sp³-hybridized carbons (Fsp3) is 0.150. The molecule has 3 aromatic rings. The first-order chi connectivity index (χ1) is 13.9. The summed E-state index contributed by atoms with van der Waals surface area (Å²) in [6, 6.07) is 13.4. The maximum atomic E-state index is 12.5. The average molecular weight is 400 g/mol. The van der Waals surface area contributed by atoms with Crippen molar-refractivity contribution < 1.29 is 23.1 Å². The van der Waals surface area contributed by atoms with E-state index in [1.54, 1.807) is 55.7 Å². The molecule has 0 aliphatic heterocycles. The zero-order chi connectivity index (χ0) is 20.8. The second kappa shape index (κ2) is 8.96. The lowest BCUT2D eigenvalue weighted by atomic mass is 10.1. The van der Waals surface area contributed by atoms with Crippen LogP contribution >= 0.6 is 0 Å². The number of nitrogens with zero attached hydrogens (tertiary/aromatic N) is 2. The Kier molecular flexibility index (Phi) is 6.18. The molecule has 0 saturated heterocycles. The van der Waals surface area contributed by atoms with E-state index in [-0.39, 0.29) is 17.2 Å². The number of amides is 2. The van der Waals surface area contributed by atoms with Gasteiger partial charge < -0.3 is 15.4 Å². The van der Waals surface area contributed by atoms with Crippen molar-refractivity contribution >= 4 is 23.2 Å². The van der Waals surface area contributed by atoms with Gasteiger partial charge in [-0.15, -0.1) is 0 Å². The lowest BCUT2D eigenvalue weighted by Crippen LogP contribution is -2.24. The molecule has 2 amide bonds. The summed E-state index contributed by atoms with van der Waals surface area (Å²) in [4.78, 5) is 24.8. The summed E-state index contributed by atoms with van der Waals surface area (Å²) in [5.74, 6) is -1.13. The van der Waals surface area contributed by atoms with Crippen LogP contribution < -0.4 is 15.4 Å². The van der Waals surface area contributed by atoms with E-state index in [1.165, 1.54) is 22.9 Å². The number of carbonyl (C=O) groups is 2. The molecule has 1 atom stereocenters. The number of carbonyl (C=O) groups excluding carboxylic acids is 2. The molecule has 0 radical (unpaired) electrons. The molecule has 0 aliphatic carbocycles. The van der Waals surface area contributed by atoms with E-state index in [1.807, 2.05) is 0 Å². The van der Waals surface area contributed by atoms with Crippen molar-refractivity contribution in [2.45, 2.75) is 19.6 Å². The maximum Gasteiger partial charge on any atom is 0.387 e. The summed E-state index contributed by atoms with van der Waals surface area (Å²) in [6.07, 6.45) is 3.26. The third-order valence-corrected chi connectivity index (χ3v) is 4.04. The van der Waals surface area contributed by atoms with Gasteiger partial charge in [0.25, 0.3) is 5.91 Å². The third kappa shape index (κ3) is 5.16. The van der Waals surface area contributed by atoms with E-state index in [9.17, 15) is 18.4 Å². The molecular formula is C20H18F2N4O3. The lowest BCUT2D eigenvalue weighted by molar-refractivity contribution is -0.119. The molecule has 9 heteroatoms. The smallest absolute Gasteiger partial charge is 0.387 e. The van der Waals surface area contributed by atoms with Gasteiger partial charge in [-0.25, -0.2) is 0 Å². The Hall–Kier alpha value is -3.75. The zero-order valence-electron chi connectivity index (χ0n) is 15.4. The van der Waals surface area contributed by atoms with Crippen molar-refractivity contribution in [1.29, 1.82) is 0 Å². The van der Waals surface area contributed by atoms with Crippen molar-refractivity contribution in [3.63, 3.8) is 0 Å². The van der Waals surface area contributed by atoms with Crippen molar-refractivity contribution in [2.75, 3.05) is 10.6 Å². The van der Waals surface area contributed by atoms with Crippen LogP contribution in [-0.2, 0) is 4.79 Å². The van der Waals surface area contributed by atoms with Gasteiger partial charge in [0, 0.05) is 23.8 Å². The Morgan fingerprint density at radius 2 is 1.76 bits per heavy atom. The highest BCUT2D eigenvalue weighted by atomic mass is 19.3. The molecule has 0 unspecified atom stereocenters. The van der Waals surface area contributed by atoms with Gasteiger partial charge in [0.05, 0.1) is 5.56 Å². The van der Waals surface area contributed by atoms with Crippen molar-refractivity contribution in [3.8, 4) is 5.75 Å². The first-order valence-corrected chi connectivity index (χ1v) is 8.69. The molecule has 0 fully saturated rings. The minimum atomic E-state index is -3.04. The Morgan fingerprint density at radius 3 is 2.45 bits per heavy atom. The summed E-state index contributed by atoms with van der Waals surface area (Å²) in [5, 5.41) is 9.39. The minimum absolute atomic E-state index is 0.0328. The Bertz CT molecular complexity index is 993. The standard InChI is InChI=1S/C20H18F2N4O3/c1-13(26-11-5-10-23-26)18(27)24-14-6-4-7-15(12-14)25-19(28)16-8-2-3-9-17(16)29-20(21)22/h2-13,20H,1H3,(H,24,27)(H,25,28)/t13-/m0/s1. The number of alkyl halides is 2. The number of halogens is 2. The highest BCUT2D eigenvalue weighted by molar-refractivity contribution is 6.06. The third-order valence-electron chi connectivity index (χ3n) is 4.04. The van der Waals surface area contributed by atoms with E-state index in [4.69, 9.17) is 0 Å². The van der Waals surface area contributed by atoms with E-state index in [2.05, 4.69) is 20.5 Å². The Balaban J connectivity index is 1.70. The van der Waals surface area contributed by atoms with E-state index in [0.29, 0.717) is 11.4 Å². The number of aromatic nitrogens is 2. The molecule has 2 aromatic carbocycles. The van der Waals surface area contributed by atoms with Crippen LogP contribution in [0.2, 0.25) is 0 Å². The van der Waals surface area contributed by atoms with E-state index in [0.717, 1.165) is 0 Å². The quantitative estimate of drug-likeness (QED) is 0.629. The molecule has 2 N–H and O–H groups in total. The summed E-state index contributed by atoms with van der Waals surface area (Å²) in [7, 11) is 0. The topological polar surface area (TPSA) is 85.3 Å². The van der Waals surface area contributed by atoms with Crippen LogP contribution in [-0.4, -0.2) is 28.2 Å². The number of hydrogen-bond donors (Lipinski definition) is 2. The molecule has 1 heterocycles. The number of ether oxygens (including phenoxy) is 1. The van der Waals surface area contributed by atoms with Gasteiger partial charge in [0.1, 0.15) is 11.8 Å². The highest BCUT2D eigenvalue weighted by Crippen LogP contribution is 2.23. The summed E-state index contributed by atoms with van der Waals surface area (Å²) < 4.78 is 31.0. The van der Waals surface area contributed by atoms with Gasteiger partial charge >= 0.3 is 6.61 Å². The first-order valence-electron chi connectivity index (χ1n) is 8.69. The van der Waals surface area contributed by atoms with Gasteiger partial charge in [-0.3, -0.25) is 14.3 Å². The first kappa shape index (κ1) is 20.0. The normalized spacial score (nSPS) is 11.7. The largest absolute Gasteiger partial charge is 0.434 e. The average Bonchev–Trinajstić information content (AvgIpc) is 3.22.